The molecule has 2 aromatic rings. The SMILES string of the molecule is O=S(=O)(C=Cc1ccccc1)NCCCc1cnoc1. The Morgan fingerprint density at radius 3 is 2.75 bits per heavy atom. The normalized spacial score (nSPS) is 12.0. The van der Waals surface area contributed by atoms with Crippen molar-refractivity contribution < 1.29 is 12.9 Å². The molecule has 20 heavy (non-hydrogen) atoms. The lowest BCUT2D eigenvalue weighted by molar-refractivity contribution is 0.419. The van der Waals surface area contributed by atoms with E-state index in [0.29, 0.717) is 13.0 Å². The maximum atomic E-state index is 11.7. The molecule has 0 aliphatic carbocycles. The van der Waals surface area contributed by atoms with E-state index in [4.69, 9.17) is 4.52 Å². The Kier molecular flexibility index (Phi) is 5.09. The third-order valence-corrected chi connectivity index (χ3v) is 3.77. The highest BCUT2D eigenvalue weighted by Crippen LogP contribution is 2.03. The Bertz CT molecular complexity index is 634. The summed E-state index contributed by atoms with van der Waals surface area (Å²) in [6.45, 7) is 0.382. The van der Waals surface area contributed by atoms with Gasteiger partial charge in [-0.2, -0.15) is 0 Å². The number of aryl methyl sites for hydroxylation is 1. The van der Waals surface area contributed by atoms with Crippen LogP contribution in [0.5, 0.6) is 0 Å². The second-order valence-corrected chi connectivity index (χ2v) is 5.94. The van der Waals surface area contributed by atoms with Crippen molar-refractivity contribution in [3.8, 4) is 0 Å². The van der Waals surface area contributed by atoms with Crippen LogP contribution in [0.15, 0.2) is 52.7 Å². The van der Waals surface area contributed by atoms with Gasteiger partial charge in [-0.1, -0.05) is 35.5 Å². The second kappa shape index (κ2) is 7.02. The van der Waals surface area contributed by atoms with Crippen molar-refractivity contribution in [3.05, 3.63) is 59.3 Å². The molecule has 0 aliphatic rings. The molecule has 1 aromatic carbocycles. The lowest BCUT2D eigenvalue weighted by Gasteiger charge is -2.01. The first-order valence-electron chi connectivity index (χ1n) is 6.27. The average Bonchev–Trinajstić information content (AvgIpc) is 2.96. The monoisotopic (exact) mass is 292 g/mol. The topological polar surface area (TPSA) is 72.2 Å². The van der Waals surface area contributed by atoms with Crippen molar-refractivity contribution in [2.24, 2.45) is 0 Å². The Hall–Kier alpha value is -1.92. The van der Waals surface area contributed by atoms with Gasteiger partial charge in [0.2, 0.25) is 10.0 Å². The first-order valence-corrected chi connectivity index (χ1v) is 7.81. The Morgan fingerprint density at radius 1 is 1.25 bits per heavy atom. The molecule has 0 atom stereocenters. The van der Waals surface area contributed by atoms with Crippen molar-refractivity contribution >= 4 is 16.1 Å². The summed E-state index contributed by atoms with van der Waals surface area (Å²) in [6, 6.07) is 9.29. The highest BCUT2D eigenvalue weighted by Gasteiger charge is 2.04. The summed E-state index contributed by atoms with van der Waals surface area (Å²) in [6.07, 6.45) is 6.18. The summed E-state index contributed by atoms with van der Waals surface area (Å²) in [7, 11) is -3.39. The Labute approximate surface area is 118 Å². The van der Waals surface area contributed by atoms with Crippen LogP contribution in [-0.4, -0.2) is 20.1 Å². The zero-order chi connectivity index (χ0) is 14.3. The third kappa shape index (κ3) is 4.99. The molecule has 1 heterocycles. The van der Waals surface area contributed by atoms with Gasteiger partial charge in [0, 0.05) is 17.5 Å². The van der Waals surface area contributed by atoms with Gasteiger partial charge in [0.1, 0.15) is 6.26 Å². The molecule has 0 bridgehead atoms. The molecule has 6 heteroatoms. The molecule has 1 N–H and O–H groups in total. The van der Waals surface area contributed by atoms with Gasteiger partial charge in [0.25, 0.3) is 0 Å². The zero-order valence-corrected chi connectivity index (χ0v) is 11.7. The quantitative estimate of drug-likeness (QED) is 0.794. The molecule has 0 saturated heterocycles. The van der Waals surface area contributed by atoms with Crippen LogP contribution in [0.3, 0.4) is 0 Å². The van der Waals surface area contributed by atoms with Gasteiger partial charge in [-0.3, -0.25) is 0 Å². The van der Waals surface area contributed by atoms with E-state index in [2.05, 4.69) is 9.88 Å². The third-order valence-electron chi connectivity index (χ3n) is 2.67. The lowest BCUT2D eigenvalue weighted by atomic mass is 10.2. The van der Waals surface area contributed by atoms with Crippen LogP contribution in [0, 0.1) is 0 Å². The van der Waals surface area contributed by atoms with Gasteiger partial charge in [-0.25, -0.2) is 13.1 Å². The van der Waals surface area contributed by atoms with E-state index in [1.54, 1.807) is 18.5 Å². The van der Waals surface area contributed by atoms with Crippen LogP contribution >= 0.6 is 0 Å². The standard InChI is InChI=1S/C14H16N2O3S/c17-20(18,10-8-13-5-2-1-3-6-13)16-9-4-7-14-11-15-19-12-14/h1-3,5-6,8,10-12,16H,4,7,9H2. The van der Waals surface area contributed by atoms with Crippen LogP contribution in [0.4, 0.5) is 0 Å². The van der Waals surface area contributed by atoms with Gasteiger partial charge < -0.3 is 4.52 Å². The van der Waals surface area contributed by atoms with Gasteiger partial charge >= 0.3 is 0 Å². The second-order valence-electron chi connectivity index (χ2n) is 4.29. The highest BCUT2D eigenvalue weighted by atomic mass is 32.2. The zero-order valence-electron chi connectivity index (χ0n) is 10.9. The van der Waals surface area contributed by atoms with Crippen LogP contribution in [0.2, 0.25) is 0 Å². The van der Waals surface area contributed by atoms with Gasteiger partial charge in [0.15, 0.2) is 0 Å². The molecule has 2 rings (SSSR count). The number of aromatic nitrogens is 1. The van der Waals surface area contributed by atoms with Crippen molar-refractivity contribution in [3.63, 3.8) is 0 Å². The fourth-order valence-electron chi connectivity index (χ4n) is 1.64. The summed E-state index contributed by atoms with van der Waals surface area (Å²) in [5, 5.41) is 4.77. The lowest BCUT2D eigenvalue weighted by Crippen LogP contribution is -2.22. The number of hydrogen-bond donors (Lipinski definition) is 1. The number of rotatable bonds is 7. The van der Waals surface area contributed by atoms with Gasteiger partial charge in [-0.15, -0.1) is 0 Å². The first-order chi connectivity index (χ1) is 9.66. The molecule has 0 radical (unpaired) electrons. The predicted octanol–water partition coefficient (Wildman–Crippen LogP) is 2.20. The Morgan fingerprint density at radius 2 is 2.05 bits per heavy atom. The van der Waals surface area contributed by atoms with Crippen molar-refractivity contribution in [2.75, 3.05) is 6.54 Å². The van der Waals surface area contributed by atoms with E-state index >= 15 is 0 Å². The van der Waals surface area contributed by atoms with Crippen molar-refractivity contribution in [1.82, 2.24) is 9.88 Å². The van der Waals surface area contributed by atoms with E-state index in [-0.39, 0.29) is 0 Å². The molecule has 1 aromatic heterocycles. The largest absolute Gasteiger partial charge is 0.364 e. The predicted molar refractivity (Wildman–Crippen MR) is 77.2 cm³/mol. The molecule has 0 spiro atoms. The fourth-order valence-corrected chi connectivity index (χ4v) is 2.50. The molecule has 0 unspecified atom stereocenters. The molecule has 0 aliphatic heterocycles. The van der Waals surface area contributed by atoms with Crippen molar-refractivity contribution in [2.45, 2.75) is 12.8 Å². The number of nitrogens with one attached hydrogen (secondary N) is 1. The minimum atomic E-state index is -3.39. The van der Waals surface area contributed by atoms with E-state index in [1.807, 2.05) is 30.3 Å². The molecular formula is C14H16N2O3S. The fraction of sp³-hybridized carbons (Fsp3) is 0.214. The number of nitrogens with zero attached hydrogens (tertiary/aromatic N) is 1. The first kappa shape index (κ1) is 14.5. The molecule has 0 amide bonds. The molecule has 0 fully saturated rings. The van der Waals surface area contributed by atoms with Crippen LogP contribution in [0.1, 0.15) is 17.5 Å². The van der Waals surface area contributed by atoms with E-state index in [0.717, 1.165) is 17.5 Å². The minimum Gasteiger partial charge on any atom is -0.364 e. The molecule has 106 valence electrons. The smallest absolute Gasteiger partial charge is 0.233 e. The van der Waals surface area contributed by atoms with Gasteiger partial charge in [0.05, 0.1) is 6.20 Å². The van der Waals surface area contributed by atoms with Crippen molar-refractivity contribution in [1.29, 1.82) is 0 Å². The Balaban J connectivity index is 1.78. The highest BCUT2D eigenvalue weighted by molar-refractivity contribution is 7.92. The van der Waals surface area contributed by atoms with Crippen LogP contribution in [-0.2, 0) is 16.4 Å². The minimum absolute atomic E-state index is 0.382. The van der Waals surface area contributed by atoms with E-state index < -0.39 is 10.0 Å². The summed E-state index contributed by atoms with van der Waals surface area (Å²) in [5.41, 5.74) is 1.81. The summed E-state index contributed by atoms with van der Waals surface area (Å²) >= 11 is 0. The number of hydrogen-bond acceptors (Lipinski definition) is 4. The van der Waals surface area contributed by atoms with Crippen LogP contribution < -0.4 is 4.72 Å². The average molecular weight is 292 g/mol. The maximum absolute atomic E-state index is 11.7. The summed E-state index contributed by atoms with van der Waals surface area (Å²) < 4.78 is 30.7. The number of benzene rings is 1. The molecule has 0 saturated carbocycles. The van der Waals surface area contributed by atoms with E-state index in [1.165, 1.54) is 5.41 Å². The maximum Gasteiger partial charge on any atom is 0.233 e. The van der Waals surface area contributed by atoms with E-state index in [9.17, 15) is 8.42 Å². The van der Waals surface area contributed by atoms with Crippen LogP contribution in [0.25, 0.3) is 6.08 Å². The molecule has 5 nitrogen and oxygen atoms in total. The van der Waals surface area contributed by atoms with Gasteiger partial charge in [-0.05, 0) is 24.5 Å². The number of sulfonamides is 1. The summed E-state index contributed by atoms with van der Waals surface area (Å²) in [4.78, 5) is 0. The molecular weight excluding hydrogens is 276 g/mol. The summed E-state index contributed by atoms with van der Waals surface area (Å²) in [5.74, 6) is 0.